The normalized spacial score (nSPS) is 10.1. The van der Waals surface area contributed by atoms with Crippen LogP contribution in [0.1, 0.15) is 11.1 Å². The van der Waals surface area contributed by atoms with Gasteiger partial charge in [0.15, 0.2) is 6.61 Å². The zero-order valence-corrected chi connectivity index (χ0v) is 14.0. The molecule has 0 radical (unpaired) electrons. The summed E-state index contributed by atoms with van der Waals surface area (Å²) in [5, 5.41) is 2.55. The molecule has 0 saturated heterocycles. The fourth-order valence-electron chi connectivity index (χ4n) is 2.13. The number of nitrogens with one attached hydrogen (secondary N) is 1. The molecule has 0 saturated carbocycles. The van der Waals surface area contributed by atoms with Crippen molar-refractivity contribution in [2.45, 2.75) is 6.42 Å². The molecule has 2 amide bonds. The summed E-state index contributed by atoms with van der Waals surface area (Å²) in [6, 6.07) is 17.7. The first-order valence-corrected chi connectivity index (χ1v) is 7.77. The maximum Gasteiger partial charge on any atom is 0.258 e. The number of rotatable bonds is 7. The maximum atomic E-state index is 11.8. The number of carbonyl (C=O) groups is 2. The van der Waals surface area contributed by atoms with Gasteiger partial charge in [-0.15, -0.1) is 0 Å². The Hall–Kier alpha value is -2.82. The van der Waals surface area contributed by atoms with Gasteiger partial charge in [-0.3, -0.25) is 9.59 Å². The van der Waals surface area contributed by atoms with Gasteiger partial charge >= 0.3 is 0 Å². The molecule has 0 unspecified atom stereocenters. The Balaban J connectivity index is 1.91. The molecule has 0 heterocycles. The molecular weight excluding hydrogens is 304 g/mol. The van der Waals surface area contributed by atoms with Gasteiger partial charge in [-0.05, 0) is 17.2 Å². The molecule has 5 heteroatoms. The van der Waals surface area contributed by atoms with E-state index in [1.807, 2.05) is 42.5 Å². The summed E-state index contributed by atoms with van der Waals surface area (Å²) in [7, 11) is 3.29. The summed E-state index contributed by atoms with van der Waals surface area (Å²) in [5.74, 6) is 0.197. The predicted molar refractivity (Wildman–Crippen MR) is 92.9 cm³/mol. The van der Waals surface area contributed by atoms with Crippen LogP contribution in [0.3, 0.4) is 0 Å². The van der Waals surface area contributed by atoms with E-state index in [1.54, 1.807) is 14.1 Å². The highest BCUT2D eigenvalue weighted by Crippen LogP contribution is 2.21. The van der Waals surface area contributed by atoms with Crippen molar-refractivity contribution in [2.24, 2.45) is 0 Å². The minimum atomic E-state index is -0.320. The van der Waals surface area contributed by atoms with Crippen LogP contribution in [0.2, 0.25) is 0 Å². The predicted octanol–water partition coefficient (Wildman–Crippen LogP) is 1.86. The minimum Gasteiger partial charge on any atom is -0.483 e. The highest BCUT2D eigenvalue weighted by atomic mass is 16.5. The summed E-state index contributed by atoms with van der Waals surface area (Å²) in [5.41, 5.74) is 2.19. The fourth-order valence-corrected chi connectivity index (χ4v) is 2.13. The van der Waals surface area contributed by atoms with E-state index in [4.69, 9.17) is 4.74 Å². The molecule has 126 valence electrons. The Morgan fingerprint density at radius 3 is 2.38 bits per heavy atom. The maximum absolute atomic E-state index is 11.8. The van der Waals surface area contributed by atoms with E-state index in [2.05, 4.69) is 17.4 Å². The summed E-state index contributed by atoms with van der Waals surface area (Å²) in [6.45, 7) is -0.145. The molecule has 2 aromatic carbocycles. The van der Waals surface area contributed by atoms with Crippen LogP contribution >= 0.6 is 0 Å². The second-order valence-corrected chi connectivity index (χ2v) is 5.62. The monoisotopic (exact) mass is 326 g/mol. The van der Waals surface area contributed by atoms with E-state index in [-0.39, 0.29) is 25.0 Å². The first-order valence-electron chi connectivity index (χ1n) is 7.77. The molecule has 0 aliphatic carbocycles. The lowest BCUT2D eigenvalue weighted by atomic mass is 10.0. The molecule has 0 bridgehead atoms. The molecule has 0 aromatic heterocycles. The number of hydrogen-bond acceptors (Lipinski definition) is 3. The van der Waals surface area contributed by atoms with Gasteiger partial charge in [0.25, 0.3) is 5.91 Å². The minimum absolute atomic E-state index is 0.0269. The topological polar surface area (TPSA) is 58.6 Å². The van der Waals surface area contributed by atoms with Crippen molar-refractivity contribution in [1.29, 1.82) is 0 Å². The third-order valence-electron chi connectivity index (χ3n) is 3.50. The van der Waals surface area contributed by atoms with Gasteiger partial charge in [0.1, 0.15) is 5.75 Å². The van der Waals surface area contributed by atoms with E-state index in [0.29, 0.717) is 5.75 Å². The molecular formula is C19H22N2O3. The Bertz CT molecular complexity index is 684. The van der Waals surface area contributed by atoms with Crippen LogP contribution in [0, 0.1) is 0 Å². The van der Waals surface area contributed by atoms with Crippen LogP contribution in [-0.4, -0.2) is 44.0 Å². The molecule has 2 rings (SSSR count). The number of nitrogens with zero attached hydrogens (tertiary/aromatic N) is 1. The quantitative estimate of drug-likeness (QED) is 0.845. The standard InChI is InChI=1S/C19H22N2O3/c1-21(2)19(23)13-20-18(22)14-24-17-11-7-6-10-16(17)12-15-8-4-3-5-9-15/h3-11H,12-14H2,1-2H3,(H,20,22). The van der Waals surface area contributed by atoms with Crippen molar-refractivity contribution < 1.29 is 14.3 Å². The van der Waals surface area contributed by atoms with E-state index in [1.165, 1.54) is 10.5 Å². The van der Waals surface area contributed by atoms with Crippen LogP contribution in [0.25, 0.3) is 0 Å². The van der Waals surface area contributed by atoms with Crippen LogP contribution in [0.5, 0.6) is 5.75 Å². The Morgan fingerprint density at radius 1 is 1.00 bits per heavy atom. The number of ether oxygens (including phenoxy) is 1. The van der Waals surface area contributed by atoms with Crippen LogP contribution in [0.15, 0.2) is 54.6 Å². The fraction of sp³-hybridized carbons (Fsp3) is 0.263. The van der Waals surface area contributed by atoms with E-state index in [0.717, 1.165) is 12.0 Å². The van der Waals surface area contributed by atoms with Gasteiger partial charge < -0.3 is 15.0 Å². The van der Waals surface area contributed by atoms with Gasteiger partial charge in [-0.25, -0.2) is 0 Å². The number of benzene rings is 2. The SMILES string of the molecule is CN(C)C(=O)CNC(=O)COc1ccccc1Cc1ccccc1. The van der Waals surface area contributed by atoms with E-state index >= 15 is 0 Å². The lowest BCUT2D eigenvalue weighted by Crippen LogP contribution is -2.38. The third-order valence-corrected chi connectivity index (χ3v) is 3.50. The van der Waals surface area contributed by atoms with Crippen molar-refractivity contribution in [2.75, 3.05) is 27.2 Å². The lowest BCUT2D eigenvalue weighted by Gasteiger charge is -2.13. The molecule has 24 heavy (non-hydrogen) atoms. The lowest BCUT2D eigenvalue weighted by molar-refractivity contribution is -0.131. The van der Waals surface area contributed by atoms with Crippen molar-refractivity contribution >= 4 is 11.8 Å². The number of amides is 2. The summed E-state index contributed by atoms with van der Waals surface area (Å²) < 4.78 is 5.63. The van der Waals surface area contributed by atoms with Crippen molar-refractivity contribution in [3.8, 4) is 5.75 Å². The molecule has 5 nitrogen and oxygen atoms in total. The summed E-state index contributed by atoms with van der Waals surface area (Å²) in [4.78, 5) is 24.7. The first kappa shape index (κ1) is 17.5. The summed E-state index contributed by atoms with van der Waals surface area (Å²) >= 11 is 0. The third kappa shape index (κ3) is 5.43. The Morgan fingerprint density at radius 2 is 1.67 bits per heavy atom. The number of para-hydroxylation sites is 1. The van der Waals surface area contributed by atoms with Gasteiger partial charge in [0, 0.05) is 20.5 Å². The highest BCUT2D eigenvalue weighted by molar-refractivity contribution is 5.85. The van der Waals surface area contributed by atoms with Crippen LogP contribution < -0.4 is 10.1 Å². The van der Waals surface area contributed by atoms with E-state index in [9.17, 15) is 9.59 Å². The number of hydrogen-bond donors (Lipinski definition) is 1. The van der Waals surface area contributed by atoms with Crippen molar-refractivity contribution in [3.63, 3.8) is 0 Å². The van der Waals surface area contributed by atoms with Gasteiger partial charge in [0.05, 0.1) is 6.54 Å². The van der Waals surface area contributed by atoms with Crippen molar-refractivity contribution in [3.05, 3.63) is 65.7 Å². The van der Waals surface area contributed by atoms with Gasteiger partial charge in [-0.1, -0.05) is 48.5 Å². The molecule has 0 atom stereocenters. The smallest absolute Gasteiger partial charge is 0.258 e. The molecule has 2 aromatic rings. The van der Waals surface area contributed by atoms with Crippen molar-refractivity contribution in [1.82, 2.24) is 10.2 Å². The molecule has 0 aliphatic rings. The first-order chi connectivity index (χ1) is 11.6. The van der Waals surface area contributed by atoms with E-state index < -0.39 is 0 Å². The highest BCUT2D eigenvalue weighted by Gasteiger charge is 2.09. The average Bonchev–Trinajstić information content (AvgIpc) is 2.59. The molecule has 1 N–H and O–H groups in total. The average molecular weight is 326 g/mol. The van der Waals surface area contributed by atoms with Gasteiger partial charge in [-0.2, -0.15) is 0 Å². The zero-order chi connectivity index (χ0) is 17.4. The van der Waals surface area contributed by atoms with Crippen LogP contribution in [-0.2, 0) is 16.0 Å². The van der Waals surface area contributed by atoms with Gasteiger partial charge in [0.2, 0.25) is 5.91 Å². The molecule has 0 spiro atoms. The zero-order valence-electron chi connectivity index (χ0n) is 14.0. The number of carbonyl (C=O) groups excluding carboxylic acids is 2. The molecule has 0 aliphatic heterocycles. The second-order valence-electron chi connectivity index (χ2n) is 5.62. The Labute approximate surface area is 142 Å². The second kappa shape index (κ2) is 8.72. The van der Waals surface area contributed by atoms with Crippen LogP contribution in [0.4, 0.5) is 0 Å². The largest absolute Gasteiger partial charge is 0.483 e. The Kier molecular flexibility index (Phi) is 6.37. The molecule has 0 fully saturated rings. The summed E-state index contributed by atoms with van der Waals surface area (Å²) in [6.07, 6.45) is 0.734. The number of likely N-dealkylation sites (N-methyl/N-ethyl adjacent to an activating group) is 1.